The summed E-state index contributed by atoms with van der Waals surface area (Å²) in [5, 5.41) is 18.9. The summed E-state index contributed by atoms with van der Waals surface area (Å²) in [7, 11) is 0. The van der Waals surface area contributed by atoms with E-state index in [9.17, 15) is 29.4 Å². The zero-order chi connectivity index (χ0) is 19.8. The zero-order valence-corrected chi connectivity index (χ0v) is 15.7. The van der Waals surface area contributed by atoms with Crippen molar-refractivity contribution >= 4 is 23.9 Å². The second-order valence-corrected chi connectivity index (χ2v) is 7.83. The van der Waals surface area contributed by atoms with Gasteiger partial charge in [0.05, 0.1) is 23.7 Å². The summed E-state index contributed by atoms with van der Waals surface area (Å²) >= 11 is 0. The first-order valence-electron chi connectivity index (χ1n) is 10.1. The number of rotatable bonds is 4. The van der Waals surface area contributed by atoms with Crippen LogP contribution in [0.5, 0.6) is 0 Å². The Morgan fingerprint density at radius 1 is 0.519 bits per heavy atom. The van der Waals surface area contributed by atoms with Gasteiger partial charge in [0.1, 0.15) is 0 Å². The SMILES string of the molecule is O=C(O)C1CCCCCCC1C(=O)OC(=O)C1CCCCCCC1C(=O)O. The van der Waals surface area contributed by atoms with Crippen molar-refractivity contribution in [3.05, 3.63) is 0 Å². The van der Waals surface area contributed by atoms with Crippen molar-refractivity contribution in [2.45, 2.75) is 77.0 Å². The van der Waals surface area contributed by atoms with Crippen LogP contribution >= 0.6 is 0 Å². The first-order chi connectivity index (χ1) is 12.9. The van der Waals surface area contributed by atoms with Crippen LogP contribution < -0.4 is 0 Å². The Bertz CT molecular complexity index is 509. The van der Waals surface area contributed by atoms with E-state index in [-0.39, 0.29) is 0 Å². The van der Waals surface area contributed by atoms with E-state index in [4.69, 9.17) is 4.74 Å². The van der Waals surface area contributed by atoms with Crippen molar-refractivity contribution in [2.24, 2.45) is 23.7 Å². The van der Waals surface area contributed by atoms with Gasteiger partial charge in [-0.1, -0.05) is 51.4 Å². The molecule has 0 aromatic heterocycles. The lowest BCUT2D eigenvalue weighted by molar-refractivity contribution is -0.173. The highest BCUT2D eigenvalue weighted by Crippen LogP contribution is 2.32. The molecule has 2 aliphatic carbocycles. The van der Waals surface area contributed by atoms with Crippen molar-refractivity contribution in [1.29, 1.82) is 0 Å². The third kappa shape index (κ3) is 6.04. The van der Waals surface area contributed by atoms with Gasteiger partial charge in [-0.2, -0.15) is 0 Å². The van der Waals surface area contributed by atoms with Gasteiger partial charge >= 0.3 is 23.9 Å². The molecule has 0 saturated heterocycles. The molecule has 0 aromatic rings. The van der Waals surface area contributed by atoms with Gasteiger partial charge in [0.25, 0.3) is 0 Å². The smallest absolute Gasteiger partial charge is 0.317 e. The summed E-state index contributed by atoms with van der Waals surface area (Å²) in [5.74, 6) is -7.08. The molecule has 0 heterocycles. The summed E-state index contributed by atoms with van der Waals surface area (Å²) in [4.78, 5) is 48.4. The fourth-order valence-corrected chi connectivity index (χ4v) is 4.37. The lowest BCUT2D eigenvalue weighted by Crippen LogP contribution is -2.37. The van der Waals surface area contributed by atoms with Crippen LogP contribution in [-0.2, 0) is 23.9 Å². The monoisotopic (exact) mass is 382 g/mol. The van der Waals surface area contributed by atoms with Crippen molar-refractivity contribution in [3.63, 3.8) is 0 Å². The molecule has 4 unspecified atom stereocenters. The third-order valence-electron chi connectivity index (χ3n) is 5.97. The van der Waals surface area contributed by atoms with Gasteiger partial charge in [0.15, 0.2) is 0 Å². The molecule has 0 aliphatic heterocycles. The van der Waals surface area contributed by atoms with Gasteiger partial charge in [-0.3, -0.25) is 19.2 Å². The first kappa shape index (κ1) is 21.4. The summed E-state index contributed by atoms with van der Waals surface area (Å²) in [6, 6.07) is 0. The summed E-state index contributed by atoms with van der Waals surface area (Å²) in [5.41, 5.74) is 0. The van der Waals surface area contributed by atoms with Crippen molar-refractivity contribution < 1.29 is 34.1 Å². The predicted octanol–water partition coefficient (Wildman–Crippen LogP) is 3.40. The van der Waals surface area contributed by atoms with Crippen LogP contribution in [0.2, 0.25) is 0 Å². The van der Waals surface area contributed by atoms with Gasteiger partial charge < -0.3 is 14.9 Å². The van der Waals surface area contributed by atoms with E-state index >= 15 is 0 Å². The molecule has 7 heteroatoms. The van der Waals surface area contributed by atoms with Crippen LogP contribution in [-0.4, -0.2) is 34.1 Å². The van der Waals surface area contributed by atoms with Gasteiger partial charge in [-0.05, 0) is 25.7 Å². The number of hydrogen-bond acceptors (Lipinski definition) is 5. The fraction of sp³-hybridized carbons (Fsp3) is 0.800. The first-order valence-corrected chi connectivity index (χ1v) is 10.1. The molecule has 0 spiro atoms. The van der Waals surface area contributed by atoms with Gasteiger partial charge in [-0.15, -0.1) is 0 Å². The van der Waals surface area contributed by atoms with Crippen LogP contribution in [0.4, 0.5) is 0 Å². The van der Waals surface area contributed by atoms with E-state index in [2.05, 4.69) is 0 Å². The molecule has 7 nitrogen and oxygen atoms in total. The molecule has 4 atom stereocenters. The Balaban J connectivity index is 2.09. The van der Waals surface area contributed by atoms with Gasteiger partial charge in [-0.25, -0.2) is 0 Å². The van der Waals surface area contributed by atoms with Crippen LogP contribution in [0.1, 0.15) is 77.0 Å². The van der Waals surface area contributed by atoms with Crippen molar-refractivity contribution in [3.8, 4) is 0 Å². The Hall–Kier alpha value is -1.92. The number of carbonyl (C=O) groups excluding carboxylic acids is 2. The number of carboxylic acids is 2. The molecule has 2 N–H and O–H groups in total. The Morgan fingerprint density at radius 2 is 0.815 bits per heavy atom. The van der Waals surface area contributed by atoms with E-state index in [1.807, 2.05) is 0 Å². The molecule has 152 valence electrons. The highest BCUT2D eigenvalue weighted by molar-refractivity contribution is 5.92. The predicted molar refractivity (Wildman–Crippen MR) is 95.7 cm³/mol. The number of esters is 2. The lowest BCUT2D eigenvalue weighted by Gasteiger charge is -2.27. The van der Waals surface area contributed by atoms with E-state index in [1.54, 1.807) is 0 Å². The molecule has 0 amide bonds. The summed E-state index contributed by atoms with van der Waals surface area (Å²) in [6.45, 7) is 0. The Morgan fingerprint density at radius 3 is 1.11 bits per heavy atom. The van der Waals surface area contributed by atoms with Crippen LogP contribution in [0.15, 0.2) is 0 Å². The average molecular weight is 382 g/mol. The second kappa shape index (κ2) is 10.4. The largest absolute Gasteiger partial charge is 0.481 e. The molecule has 27 heavy (non-hydrogen) atoms. The van der Waals surface area contributed by atoms with Crippen molar-refractivity contribution in [2.75, 3.05) is 0 Å². The molecule has 2 rings (SSSR count). The normalized spacial score (nSPS) is 30.1. The Kier molecular flexibility index (Phi) is 8.25. The van der Waals surface area contributed by atoms with Gasteiger partial charge in [0.2, 0.25) is 0 Å². The van der Waals surface area contributed by atoms with E-state index in [0.717, 1.165) is 51.4 Å². The second-order valence-electron chi connectivity index (χ2n) is 7.83. The molecule has 2 fully saturated rings. The molecule has 0 bridgehead atoms. The van der Waals surface area contributed by atoms with E-state index < -0.39 is 47.5 Å². The van der Waals surface area contributed by atoms with Gasteiger partial charge in [0, 0.05) is 0 Å². The zero-order valence-electron chi connectivity index (χ0n) is 15.7. The lowest BCUT2D eigenvalue weighted by atomic mass is 9.81. The van der Waals surface area contributed by atoms with E-state index in [0.29, 0.717) is 25.7 Å². The molecule has 2 aliphatic rings. The highest BCUT2D eigenvalue weighted by Gasteiger charge is 2.40. The number of ether oxygens (including phenoxy) is 1. The fourth-order valence-electron chi connectivity index (χ4n) is 4.37. The standard InChI is InChI=1S/C20H30O7/c21-17(22)13-9-5-1-3-7-11-15(13)19(25)27-20(26)16-12-8-4-2-6-10-14(16)18(23)24/h13-16H,1-12H2,(H,21,22)(H,23,24). The number of aliphatic carboxylic acids is 2. The minimum absolute atomic E-state index is 0.385. The summed E-state index contributed by atoms with van der Waals surface area (Å²) in [6.07, 6.45) is 8.19. The molecule has 0 radical (unpaired) electrons. The topological polar surface area (TPSA) is 118 Å². The maximum Gasteiger partial charge on any atom is 0.317 e. The molecular formula is C20H30O7. The Labute approximate surface area is 159 Å². The minimum Gasteiger partial charge on any atom is -0.481 e. The van der Waals surface area contributed by atoms with Crippen LogP contribution in [0, 0.1) is 23.7 Å². The average Bonchev–Trinajstić information content (AvgIpc) is 2.53. The third-order valence-corrected chi connectivity index (χ3v) is 5.97. The number of carbonyl (C=O) groups is 4. The quantitative estimate of drug-likeness (QED) is 0.565. The van der Waals surface area contributed by atoms with Crippen molar-refractivity contribution in [1.82, 2.24) is 0 Å². The molecular weight excluding hydrogens is 352 g/mol. The van der Waals surface area contributed by atoms with Crippen LogP contribution in [0.25, 0.3) is 0 Å². The van der Waals surface area contributed by atoms with Crippen LogP contribution in [0.3, 0.4) is 0 Å². The minimum atomic E-state index is -1.04. The highest BCUT2D eigenvalue weighted by atomic mass is 16.6. The van der Waals surface area contributed by atoms with E-state index in [1.165, 1.54) is 0 Å². The molecule has 2 saturated carbocycles. The summed E-state index contributed by atoms with van der Waals surface area (Å²) < 4.78 is 5.08. The number of hydrogen-bond donors (Lipinski definition) is 2. The molecule has 0 aromatic carbocycles. The maximum absolute atomic E-state index is 12.6. The maximum atomic E-state index is 12.6. The number of carboxylic acid groups (broad SMARTS) is 2.